The number of hydrogen-bond donors (Lipinski definition) is 1. The second-order valence-corrected chi connectivity index (χ2v) is 7.21. The van der Waals surface area contributed by atoms with Gasteiger partial charge in [-0.05, 0) is 36.6 Å². The van der Waals surface area contributed by atoms with Gasteiger partial charge < -0.3 is 5.32 Å². The van der Waals surface area contributed by atoms with Crippen molar-refractivity contribution < 1.29 is 8.42 Å². The van der Waals surface area contributed by atoms with Gasteiger partial charge in [0, 0.05) is 12.3 Å². The van der Waals surface area contributed by atoms with E-state index in [1.54, 1.807) is 18.2 Å². The smallest absolute Gasteiger partial charge is 0.177 e. The van der Waals surface area contributed by atoms with Crippen LogP contribution >= 0.6 is 0 Å². The number of nitrogens with one attached hydrogen (secondary N) is 1. The monoisotopic (exact) mass is 303 g/mol. The van der Waals surface area contributed by atoms with Crippen LogP contribution in [0.25, 0.3) is 0 Å². The van der Waals surface area contributed by atoms with Crippen molar-refractivity contribution in [3.63, 3.8) is 0 Å². The lowest BCUT2D eigenvalue weighted by molar-refractivity contribution is 0.602. The zero-order chi connectivity index (χ0) is 15.5. The molecule has 4 heteroatoms. The molecule has 1 atom stereocenters. The molecule has 1 N–H and O–H groups in total. The van der Waals surface area contributed by atoms with Gasteiger partial charge in [0.2, 0.25) is 0 Å². The summed E-state index contributed by atoms with van der Waals surface area (Å²) < 4.78 is 23.6. The SMILES string of the molecule is CCc1ccc(C(C)Nc2ccccc2S(C)(=O)=O)cc1. The van der Waals surface area contributed by atoms with Crippen molar-refractivity contribution in [2.45, 2.75) is 31.2 Å². The molecule has 2 aromatic carbocycles. The van der Waals surface area contributed by atoms with Crippen LogP contribution in [0, 0.1) is 0 Å². The maximum atomic E-state index is 11.8. The molecule has 0 amide bonds. The summed E-state index contributed by atoms with van der Waals surface area (Å²) in [7, 11) is -3.23. The van der Waals surface area contributed by atoms with Crippen LogP contribution in [0.5, 0.6) is 0 Å². The van der Waals surface area contributed by atoms with E-state index in [-0.39, 0.29) is 6.04 Å². The number of aryl methyl sites for hydroxylation is 1. The van der Waals surface area contributed by atoms with E-state index in [0.717, 1.165) is 12.0 Å². The van der Waals surface area contributed by atoms with Gasteiger partial charge in [0.25, 0.3) is 0 Å². The highest BCUT2D eigenvalue weighted by Gasteiger charge is 2.14. The van der Waals surface area contributed by atoms with Gasteiger partial charge in [-0.15, -0.1) is 0 Å². The Kier molecular flexibility index (Phi) is 4.68. The first kappa shape index (κ1) is 15.6. The van der Waals surface area contributed by atoms with Crippen LogP contribution in [0.1, 0.15) is 31.0 Å². The van der Waals surface area contributed by atoms with Gasteiger partial charge in [0.1, 0.15) is 0 Å². The Labute approximate surface area is 126 Å². The zero-order valence-electron chi connectivity index (χ0n) is 12.6. The first-order valence-corrected chi connectivity index (χ1v) is 8.95. The number of rotatable bonds is 5. The summed E-state index contributed by atoms with van der Waals surface area (Å²) in [6, 6.07) is 15.4. The number of para-hydroxylation sites is 1. The molecule has 0 heterocycles. The second kappa shape index (κ2) is 6.31. The molecule has 0 bridgehead atoms. The zero-order valence-corrected chi connectivity index (χ0v) is 13.4. The Hall–Kier alpha value is -1.81. The van der Waals surface area contributed by atoms with Crippen molar-refractivity contribution in [1.29, 1.82) is 0 Å². The lowest BCUT2D eigenvalue weighted by atomic mass is 10.0. The highest BCUT2D eigenvalue weighted by Crippen LogP contribution is 2.25. The molecule has 2 rings (SSSR count). The lowest BCUT2D eigenvalue weighted by Gasteiger charge is -2.18. The Morgan fingerprint density at radius 3 is 2.24 bits per heavy atom. The molecule has 3 nitrogen and oxygen atoms in total. The Balaban J connectivity index is 2.25. The van der Waals surface area contributed by atoms with Gasteiger partial charge in [-0.1, -0.05) is 43.3 Å². The summed E-state index contributed by atoms with van der Waals surface area (Å²) >= 11 is 0. The molecular formula is C17H21NO2S. The molecule has 21 heavy (non-hydrogen) atoms. The molecule has 0 saturated carbocycles. The molecule has 0 saturated heterocycles. The fourth-order valence-corrected chi connectivity index (χ4v) is 3.12. The maximum Gasteiger partial charge on any atom is 0.177 e. The molecule has 0 fully saturated rings. The van der Waals surface area contributed by atoms with Gasteiger partial charge in [-0.3, -0.25) is 0 Å². The van der Waals surface area contributed by atoms with Crippen LogP contribution in [-0.2, 0) is 16.3 Å². The van der Waals surface area contributed by atoms with E-state index in [9.17, 15) is 8.42 Å². The van der Waals surface area contributed by atoms with E-state index in [1.165, 1.54) is 11.8 Å². The minimum Gasteiger partial charge on any atom is -0.377 e. The third-order valence-corrected chi connectivity index (χ3v) is 4.70. The molecule has 112 valence electrons. The maximum absolute atomic E-state index is 11.8. The van der Waals surface area contributed by atoms with Crippen molar-refractivity contribution in [2.24, 2.45) is 0 Å². The molecule has 0 aromatic heterocycles. The van der Waals surface area contributed by atoms with Crippen molar-refractivity contribution in [1.82, 2.24) is 0 Å². The third kappa shape index (κ3) is 3.85. The third-order valence-electron chi connectivity index (χ3n) is 3.55. The van der Waals surface area contributed by atoms with Gasteiger partial charge in [0.15, 0.2) is 9.84 Å². The predicted molar refractivity (Wildman–Crippen MR) is 87.4 cm³/mol. The number of sulfone groups is 1. The normalized spacial score (nSPS) is 12.9. The summed E-state index contributed by atoms with van der Waals surface area (Å²) in [4.78, 5) is 0.335. The summed E-state index contributed by atoms with van der Waals surface area (Å²) in [5.74, 6) is 0. The minimum atomic E-state index is -3.23. The molecule has 0 spiro atoms. The highest BCUT2D eigenvalue weighted by atomic mass is 32.2. The van der Waals surface area contributed by atoms with Crippen LogP contribution < -0.4 is 5.32 Å². The summed E-state index contributed by atoms with van der Waals surface area (Å²) in [5.41, 5.74) is 3.07. The van der Waals surface area contributed by atoms with E-state index in [0.29, 0.717) is 10.6 Å². The van der Waals surface area contributed by atoms with E-state index in [4.69, 9.17) is 0 Å². The number of benzene rings is 2. The van der Waals surface area contributed by atoms with E-state index >= 15 is 0 Å². The molecular weight excluding hydrogens is 282 g/mol. The largest absolute Gasteiger partial charge is 0.377 e. The van der Waals surface area contributed by atoms with Crippen LogP contribution in [0.15, 0.2) is 53.4 Å². The van der Waals surface area contributed by atoms with Gasteiger partial charge in [0.05, 0.1) is 10.6 Å². The number of hydrogen-bond acceptors (Lipinski definition) is 3. The second-order valence-electron chi connectivity index (χ2n) is 5.23. The summed E-state index contributed by atoms with van der Waals surface area (Å²) in [6.07, 6.45) is 2.24. The van der Waals surface area contributed by atoms with Crippen molar-refractivity contribution in [2.75, 3.05) is 11.6 Å². The summed E-state index contributed by atoms with van der Waals surface area (Å²) in [5, 5.41) is 3.29. The average Bonchev–Trinajstić information content (AvgIpc) is 2.47. The Morgan fingerprint density at radius 1 is 1.05 bits per heavy atom. The quantitative estimate of drug-likeness (QED) is 0.913. The summed E-state index contributed by atoms with van der Waals surface area (Å²) in [6.45, 7) is 4.15. The Morgan fingerprint density at radius 2 is 1.67 bits per heavy atom. The van der Waals surface area contributed by atoms with E-state index in [1.807, 2.05) is 13.0 Å². The minimum absolute atomic E-state index is 0.0406. The standard InChI is InChI=1S/C17H21NO2S/c1-4-14-9-11-15(12-10-14)13(2)18-16-7-5-6-8-17(16)21(3,19)20/h5-13,18H,4H2,1-3H3. The van der Waals surface area contributed by atoms with Crippen molar-refractivity contribution in [3.05, 3.63) is 59.7 Å². The first-order valence-electron chi connectivity index (χ1n) is 7.06. The Bertz CT molecular complexity index is 706. The fraction of sp³-hybridized carbons (Fsp3) is 0.294. The highest BCUT2D eigenvalue weighted by molar-refractivity contribution is 7.90. The molecule has 2 aromatic rings. The van der Waals surface area contributed by atoms with Crippen LogP contribution in [0.3, 0.4) is 0 Å². The average molecular weight is 303 g/mol. The molecule has 1 unspecified atom stereocenters. The lowest BCUT2D eigenvalue weighted by Crippen LogP contribution is -2.10. The van der Waals surface area contributed by atoms with Gasteiger partial charge in [-0.25, -0.2) is 8.42 Å². The van der Waals surface area contributed by atoms with Gasteiger partial charge >= 0.3 is 0 Å². The van der Waals surface area contributed by atoms with E-state index in [2.05, 4.69) is 36.5 Å². The van der Waals surface area contributed by atoms with Crippen molar-refractivity contribution in [3.8, 4) is 0 Å². The van der Waals surface area contributed by atoms with Gasteiger partial charge in [-0.2, -0.15) is 0 Å². The molecule has 0 aliphatic rings. The predicted octanol–water partition coefficient (Wildman–Crippen LogP) is 3.83. The fourth-order valence-electron chi connectivity index (χ4n) is 2.27. The number of anilines is 1. The van der Waals surface area contributed by atoms with Crippen LogP contribution in [0.2, 0.25) is 0 Å². The first-order chi connectivity index (χ1) is 9.91. The molecule has 0 aliphatic heterocycles. The molecule has 0 radical (unpaired) electrons. The topological polar surface area (TPSA) is 46.2 Å². The molecule has 0 aliphatic carbocycles. The van der Waals surface area contributed by atoms with E-state index < -0.39 is 9.84 Å². The van der Waals surface area contributed by atoms with Crippen LogP contribution in [-0.4, -0.2) is 14.7 Å². The van der Waals surface area contributed by atoms with Crippen molar-refractivity contribution >= 4 is 15.5 Å². The van der Waals surface area contributed by atoms with Crippen LogP contribution in [0.4, 0.5) is 5.69 Å².